The molecular weight excluding hydrogens is 376 g/mol. The van der Waals surface area contributed by atoms with Gasteiger partial charge in [0.15, 0.2) is 8.32 Å². The average molecular weight is 421 g/mol. The summed E-state index contributed by atoms with van der Waals surface area (Å²) < 4.78 is 13.0. The lowest BCUT2D eigenvalue weighted by Crippen LogP contribution is -2.44. The molecular formula is C24H44O2Si2. The summed E-state index contributed by atoms with van der Waals surface area (Å²) in [5, 5.41) is 0.444. The summed E-state index contributed by atoms with van der Waals surface area (Å²) in [7, 11) is -3.54. The molecule has 4 heteroatoms. The van der Waals surface area contributed by atoms with E-state index in [2.05, 4.69) is 98.6 Å². The quantitative estimate of drug-likeness (QED) is 0.298. The Bertz CT molecular complexity index is 619. The number of benzene rings is 1. The van der Waals surface area contributed by atoms with E-state index >= 15 is 0 Å². The normalized spacial score (nSPS) is 14.6. The van der Waals surface area contributed by atoms with E-state index in [-0.39, 0.29) is 16.2 Å². The first-order valence-corrected chi connectivity index (χ1v) is 16.5. The van der Waals surface area contributed by atoms with Gasteiger partial charge in [0.05, 0.1) is 0 Å². The monoisotopic (exact) mass is 420 g/mol. The van der Waals surface area contributed by atoms with Gasteiger partial charge in [0, 0.05) is 6.10 Å². The molecule has 0 spiro atoms. The summed E-state index contributed by atoms with van der Waals surface area (Å²) in [5.41, 5.74) is 1.34. The van der Waals surface area contributed by atoms with Gasteiger partial charge in [0.2, 0.25) is 8.32 Å². The van der Waals surface area contributed by atoms with Crippen molar-refractivity contribution in [1.29, 1.82) is 0 Å². The van der Waals surface area contributed by atoms with Gasteiger partial charge in [-0.25, -0.2) is 0 Å². The molecule has 1 aromatic rings. The van der Waals surface area contributed by atoms with Crippen molar-refractivity contribution in [1.82, 2.24) is 0 Å². The number of hydrogen-bond donors (Lipinski definition) is 0. The van der Waals surface area contributed by atoms with E-state index < -0.39 is 16.6 Å². The van der Waals surface area contributed by atoms with Gasteiger partial charge in [-0.1, -0.05) is 59.8 Å². The van der Waals surface area contributed by atoms with Crippen molar-refractivity contribution >= 4 is 16.6 Å². The number of aryl methyl sites for hydroxylation is 1. The SMILES string of the molecule is C=CC[C@H](CCc1ccc(O[Si](C)(C)C(C)(C)C)cc1)O[Si](C)(C)C(C)(C)C. The predicted molar refractivity (Wildman–Crippen MR) is 129 cm³/mol. The molecule has 0 aromatic heterocycles. The molecule has 0 saturated carbocycles. The third kappa shape index (κ3) is 7.20. The van der Waals surface area contributed by atoms with Crippen LogP contribution >= 0.6 is 0 Å². The van der Waals surface area contributed by atoms with Gasteiger partial charge in [0.25, 0.3) is 0 Å². The highest BCUT2D eigenvalue weighted by atomic mass is 28.4. The highest BCUT2D eigenvalue weighted by molar-refractivity contribution is 6.75. The Balaban J connectivity index is 2.73. The topological polar surface area (TPSA) is 18.5 Å². The van der Waals surface area contributed by atoms with Crippen LogP contribution in [-0.2, 0) is 10.8 Å². The largest absolute Gasteiger partial charge is 0.544 e. The van der Waals surface area contributed by atoms with Crippen LogP contribution in [0.25, 0.3) is 0 Å². The van der Waals surface area contributed by atoms with E-state index in [4.69, 9.17) is 8.85 Å². The van der Waals surface area contributed by atoms with Gasteiger partial charge in [-0.3, -0.25) is 0 Å². The first kappa shape index (κ1) is 25.2. The highest BCUT2D eigenvalue weighted by Crippen LogP contribution is 2.39. The second-order valence-corrected chi connectivity index (χ2v) is 20.6. The fourth-order valence-corrected chi connectivity index (χ4v) is 4.94. The Labute approximate surface area is 177 Å². The van der Waals surface area contributed by atoms with Crippen LogP contribution < -0.4 is 4.43 Å². The molecule has 1 rings (SSSR count). The molecule has 0 radical (unpaired) electrons. The number of rotatable bonds is 9. The first-order valence-electron chi connectivity index (χ1n) is 10.7. The van der Waals surface area contributed by atoms with Gasteiger partial charge in [-0.05, 0) is 73.2 Å². The maximum atomic E-state index is 6.64. The summed E-state index contributed by atoms with van der Waals surface area (Å²) in [4.78, 5) is 0. The molecule has 0 N–H and O–H groups in total. The van der Waals surface area contributed by atoms with E-state index in [0.717, 1.165) is 25.0 Å². The van der Waals surface area contributed by atoms with Crippen molar-refractivity contribution in [2.45, 2.75) is 103 Å². The van der Waals surface area contributed by atoms with Crippen molar-refractivity contribution in [3.63, 3.8) is 0 Å². The van der Waals surface area contributed by atoms with Crippen LogP contribution in [0.4, 0.5) is 0 Å². The Kier molecular flexibility index (Phi) is 8.38. The molecule has 0 aliphatic heterocycles. The fraction of sp³-hybridized carbons (Fsp3) is 0.667. The summed E-state index contributed by atoms with van der Waals surface area (Å²) in [5.74, 6) is 0.996. The van der Waals surface area contributed by atoms with E-state index in [0.29, 0.717) is 0 Å². The Hall–Kier alpha value is -0.846. The van der Waals surface area contributed by atoms with Crippen molar-refractivity contribution in [2.75, 3.05) is 0 Å². The zero-order chi connectivity index (χ0) is 21.8. The van der Waals surface area contributed by atoms with Crippen LogP contribution in [0.2, 0.25) is 36.3 Å². The van der Waals surface area contributed by atoms with Gasteiger partial charge >= 0.3 is 0 Å². The fourth-order valence-electron chi connectivity index (χ4n) is 2.50. The lowest BCUT2D eigenvalue weighted by molar-refractivity contribution is 0.174. The molecule has 160 valence electrons. The summed E-state index contributed by atoms with van der Waals surface area (Å²) >= 11 is 0. The van der Waals surface area contributed by atoms with Gasteiger partial charge in [0.1, 0.15) is 5.75 Å². The molecule has 0 heterocycles. The Morgan fingerprint density at radius 1 is 0.893 bits per heavy atom. The van der Waals surface area contributed by atoms with Gasteiger partial charge in [-0.15, -0.1) is 6.58 Å². The molecule has 0 unspecified atom stereocenters. The maximum absolute atomic E-state index is 6.64. The molecule has 0 amide bonds. The van der Waals surface area contributed by atoms with Gasteiger partial charge in [-0.2, -0.15) is 0 Å². The van der Waals surface area contributed by atoms with Crippen LogP contribution in [0, 0.1) is 0 Å². The van der Waals surface area contributed by atoms with Crippen LogP contribution in [0.5, 0.6) is 5.75 Å². The molecule has 2 nitrogen and oxygen atoms in total. The molecule has 0 aliphatic rings. The molecule has 0 aliphatic carbocycles. The molecule has 28 heavy (non-hydrogen) atoms. The van der Waals surface area contributed by atoms with Crippen molar-refractivity contribution in [2.24, 2.45) is 0 Å². The smallest absolute Gasteiger partial charge is 0.250 e. The molecule has 1 atom stereocenters. The average Bonchev–Trinajstić information content (AvgIpc) is 2.51. The van der Waals surface area contributed by atoms with E-state index in [1.807, 2.05) is 6.08 Å². The molecule has 0 saturated heterocycles. The predicted octanol–water partition coefficient (Wildman–Crippen LogP) is 7.97. The minimum absolute atomic E-state index is 0.213. The van der Waals surface area contributed by atoms with Crippen molar-refractivity contribution in [3.8, 4) is 5.75 Å². The summed E-state index contributed by atoms with van der Waals surface area (Å²) in [6.45, 7) is 26.9. The third-order valence-corrected chi connectivity index (χ3v) is 15.4. The lowest BCUT2D eigenvalue weighted by Gasteiger charge is -2.39. The zero-order valence-electron chi connectivity index (χ0n) is 20.1. The standard InChI is InChI=1S/C24H44O2Si2/c1-12-13-21(25-27(8,9)23(2,3)4)17-14-20-15-18-22(19-16-20)26-28(10,11)24(5,6)7/h12,15-16,18-19,21H,1,13-14,17H2,2-11H3/t21-/m1/s1. The minimum Gasteiger partial charge on any atom is -0.544 e. The van der Waals surface area contributed by atoms with E-state index in [9.17, 15) is 0 Å². The Morgan fingerprint density at radius 3 is 1.82 bits per heavy atom. The minimum atomic E-state index is -1.78. The van der Waals surface area contributed by atoms with Gasteiger partial charge < -0.3 is 8.85 Å². The number of hydrogen-bond acceptors (Lipinski definition) is 2. The summed E-state index contributed by atoms with van der Waals surface area (Å²) in [6.07, 6.45) is 5.21. The van der Waals surface area contributed by atoms with Crippen molar-refractivity contribution in [3.05, 3.63) is 42.5 Å². The maximum Gasteiger partial charge on any atom is 0.250 e. The van der Waals surface area contributed by atoms with Crippen LogP contribution in [0.3, 0.4) is 0 Å². The zero-order valence-corrected chi connectivity index (χ0v) is 22.1. The van der Waals surface area contributed by atoms with E-state index in [1.54, 1.807) is 0 Å². The van der Waals surface area contributed by atoms with Crippen molar-refractivity contribution < 1.29 is 8.85 Å². The first-order chi connectivity index (χ1) is 12.6. The second-order valence-electron chi connectivity index (χ2n) is 11.1. The Morgan fingerprint density at radius 2 is 1.39 bits per heavy atom. The third-order valence-electron chi connectivity index (χ3n) is 6.55. The molecule has 0 bridgehead atoms. The van der Waals surface area contributed by atoms with Crippen LogP contribution in [0.1, 0.15) is 59.9 Å². The van der Waals surface area contributed by atoms with E-state index in [1.165, 1.54) is 5.56 Å². The second kappa shape index (κ2) is 9.31. The lowest BCUT2D eigenvalue weighted by atomic mass is 10.1. The molecule has 0 fully saturated rings. The van der Waals surface area contributed by atoms with Crippen LogP contribution in [-0.4, -0.2) is 22.7 Å². The highest BCUT2D eigenvalue weighted by Gasteiger charge is 2.39. The molecule has 1 aromatic carbocycles. The summed E-state index contributed by atoms with van der Waals surface area (Å²) in [6, 6.07) is 8.68. The van der Waals surface area contributed by atoms with Crippen LogP contribution in [0.15, 0.2) is 36.9 Å².